The van der Waals surface area contributed by atoms with Gasteiger partial charge in [0.2, 0.25) is 0 Å². The van der Waals surface area contributed by atoms with Crippen molar-refractivity contribution in [2.24, 2.45) is 0 Å². The normalized spacial score (nSPS) is 16.2. The zero-order chi connectivity index (χ0) is 20.8. The van der Waals surface area contributed by atoms with E-state index in [0.717, 1.165) is 28.1 Å². The first-order valence-electron chi connectivity index (χ1n) is 9.87. The van der Waals surface area contributed by atoms with Crippen LogP contribution in [0.1, 0.15) is 11.3 Å². The zero-order valence-corrected chi connectivity index (χ0v) is 16.8. The summed E-state index contributed by atoms with van der Waals surface area (Å²) in [7, 11) is 0. The number of aryl methyl sites for hydroxylation is 1. The summed E-state index contributed by atoms with van der Waals surface area (Å²) in [6, 6.07) is 14.9. The van der Waals surface area contributed by atoms with E-state index < -0.39 is 0 Å². The number of hydrogen-bond donors (Lipinski definition) is 1. The smallest absolute Gasteiger partial charge is 0.251 e. The molecule has 4 rings (SSSR count). The van der Waals surface area contributed by atoms with Gasteiger partial charge in [-0.2, -0.15) is 0 Å². The molecule has 1 fully saturated rings. The Morgan fingerprint density at radius 2 is 2.07 bits per heavy atom. The molecule has 0 radical (unpaired) electrons. The van der Waals surface area contributed by atoms with Crippen LogP contribution in [0.15, 0.2) is 59.5 Å². The molecule has 0 spiro atoms. The molecule has 0 unspecified atom stereocenters. The van der Waals surface area contributed by atoms with Gasteiger partial charge in [-0.1, -0.05) is 12.1 Å². The predicted molar refractivity (Wildman–Crippen MR) is 112 cm³/mol. The summed E-state index contributed by atoms with van der Waals surface area (Å²) >= 11 is 0. The van der Waals surface area contributed by atoms with E-state index >= 15 is 0 Å². The SMILES string of the molecule is Cc1cc(OCc2ccccn2)ccc1-c1cc(OC[C@H]2COCCO2)[nH]c(=O)c1. The van der Waals surface area contributed by atoms with Gasteiger partial charge in [0.25, 0.3) is 5.56 Å². The van der Waals surface area contributed by atoms with Gasteiger partial charge in [-0.25, -0.2) is 0 Å². The van der Waals surface area contributed by atoms with Gasteiger partial charge in [0.05, 0.1) is 25.5 Å². The predicted octanol–water partition coefficient (Wildman–Crippen LogP) is 3.12. The number of nitrogens with zero attached hydrogens (tertiary/aromatic N) is 1. The third-order valence-corrected chi connectivity index (χ3v) is 4.75. The van der Waals surface area contributed by atoms with Crippen LogP contribution in [0.3, 0.4) is 0 Å². The van der Waals surface area contributed by atoms with Crippen molar-refractivity contribution in [3.05, 3.63) is 76.3 Å². The van der Waals surface area contributed by atoms with Crippen molar-refractivity contribution in [2.45, 2.75) is 19.6 Å². The second kappa shape index (κ2) is 9.56. The number of ether oxygens (including phenoxy) is 4. The molecule has 1 saturated heterocycles. The van der Waals surface area contributed by atoms with Gasteiger partial charge in [-0.05, 0) is 47.9 Å². The Balaban J connectivity index is 1.46. The molecule has 0 aliphatic carbocycles. The lowest BCUT2D eigenvalue weighted by molar-refractivity contribution is -0.102. The Morgan fingerprint density at radius 3 is 2.83 bits per heavy atom. The minimum Gasteiger partial charge on any atom is -0.487 e. The first kappa shape index (κ1) is 20.1. The molecule has 3 aromatic rings. The lowest BCUT2D eigenvalue weighted by atomic mass is 10.0. The number of nitrogens with one attached hydrogen (secondary N) is 1. The number of aromatic nitrogens is 2. The Labute approximate surface area is 174 Å². The van der Waals surface area contributed by atoms with Gasteiger partial charge in [0.1, 0.15) is 25.1 Å². The number of aromatic amines is 1. The van der Waals surface area contributed by atoms with Crippen LogP contribution in [0.4, 0.5) is 0 Å². The van der Waals surface area contributed by atoms with Crippen LogP contribution in [-0.2, 0) is 16.1 Å². The lowest BCUT2D eigenvalue weighted by Gasteiger charge is -2.22. The Hall–Kier alpha value is -3.16. The highest BCUT2D eigenvalue weighted by Crippen LogP contribution is 2.28. The summed E-state index contributed by atoms with van der Waals surface area (Å²) in [6.07, 6.45) is 1.61. The molecule has 2 aromatic heterocycles. The van der Waals surface area contributed by atoms with Gasteiger partial charge in [-0.3, -0.25) is 14.8 Å². The van der Waals surface area contributed by atoms with Crippen molar-refractivity contribution >= 4 is 0 Å². The minimum absolute atomic E-state index is 0.136. The maximum absolute atomic E-state index is 12.2. The molecule has 1 aromatic carbocycles. The van der Waals surface area contributed by atoms with Crippen LogP contribution in [-0.4, -0.2) is 42.5 Å². The van der Waals surface area contributed by atoms with Crippen LogP contribution in [0.25, 0.3) is 11.1 Å². The van der Waals surface area contributed by atoms with Crippen LogP contribution >= 0.6 is 0 Å². The molecule has 1 aliphatic rings. The zero-order valence-electron chi connectivity index (χ0n) is 16.8. The maximum atomic E-state index is 12.2. The molecular formula is C23H24N2O5. The van der Waals surface area contributed by atoms with Gasteiger partial charge < -0.3 is 18.9 Å². The number of benzene rings is 1. The van der Waals surface area contributed by atoms with Crippen molar-refractivity contribution in [1.29, 1.82) is 0 Å². The number of pyridine rings is 2. The molecule has 3 heterocycles. The van der Waals surface area contributed by atoms with Gasteiger partial charge in [0, 0.05) is 18.3 Å². The molecule has 1 aliphatic heterocycles. The fourth-order valence-corrected chi connectivity index (χ4v) is 3.26. The molecule has 0 bridgehead atoms. The number of H-pyrrole nitrogens is 1. The third kappa shape index (κ3) is 5.25. The second-order valence-corrected chi connectivity index (χ2v) is 7.06. The summed E-state index contributed by atoms with van der Waals surface area (Å²) in [5, 5.41) is 0. The highest BCUT2D eigenvalue weighted by molar-refractivity contribution is 5.68. The molecule has 1 N–H and O–H groups in total. The first-order valence-corrected chi connectivity index (χ1v) is 9.87. The van der Waals surface area contributed by atoms with Crippen LogP contribution in [0.5, 0.6) is 11.6 Å². The number of hydrogen-bond acceptors (Lipinski definition) is 6. The van der Waals surface area contributed by atoms with E-state index in [1.165, 1.54) is 0 Å². The lowest BCUT2D eigenvalue weighted by Crippen LogP contribution is -2.33. The average Bonchev–Trinajstić information content (AvgIpc) is 2.77. The quantitative estimate of drug-likeness (QED) is 0.647. The molecule has 156 valence electrons. The van der Waals surface area contributed by atoms with Crippen molar-refractivity contribution in [2.75, 3.05) is 26.4 Å². The first-order chi connectivity index (χ1) is 14.7. The van der Waals surface area contributed by atoms with E-state index in [-0.39, 0.29) is 11.7 Å². The van der Waals surface area contributed by atoms with Crippen LogP contribution in [0.2, 0.25) is 0 Å². The minimum atomic E-state index is -0.224. The fraction of sp³-hybridized carbons (Fsp3) is 0.304. The summed E-state index contributed by atoms with van der Waals surface area (Å²) in [4.78, 5) is 19.1. The fourth-order valence-electron chi connectivity index (χ4n) is 3.26. The Morgan fingerprint density at radius 1 is 1.13 bits per heavy atom. The van der Waals surface area contributed by atoms with Crippen molar-refractivity contribution in [3.63, 3.8) is 0 Å². The van der Waals surface area contributed by atoms with E-state index in [1.807, 2.05) is 49.4 Å². The third-order valence-electron chi connectivity index (χ3n) is 4.75. The topological polar surface area (TPSA) is 82.7 Å². The summed E-state index contributed by atoms with van der Waals surface area (Å²) < 4.78 is 22.5. The highest BCUT2D eigenvalue weighted by Gasteiger charge is 2.15. The molecule has 0 amide bonds. The van der Waals surface area contributed by atoms with Gasteiger partial charge >= 0.3 is 0 Å². The molecular weight excluding hydrogens is 384 g/mol. The number of rotatable bonds is 7. The van der Waals surface area contributed by atoms with Gasteiger partial charge in [-0.15, -0.1) is 0 Å². The van der Waals surface area contributed by atoms with Crippen molar-refractivity contribution in [3.8, 4) is 22.8 Å². The van der Waals surface area contributed by atoms with E-state index in [4.69, 9.17) is 18.9 Å². The van der Waals surface area contributed by atoms with Gasteiger partial charge in [0.15, 0.2) is 5.88 Å². The van der Waals surface area contributed by atoms with E-state index in [9.17, 15) is 4.79 Å². The van der Waals surface area contributed by atoms with E-state index in [0.29, 0.717) is 38.9 Å². The maximum Gasteiger partial charge on any atom is 0.251 e. The van der Waals surface area contributed by atoms with Crippen LogP contribution < -0.4 is 15.0 Å². The summed E-state index contributed by atoms with van der Waals surface area (Å²) in [5.74, 6) is 1.15. The van der Waals surface area contributed by atoms with E-state index in [2.05, 4.69) is 9.97 Å². The van der Waals surface area contributed by atoms with Crippen molar-refractivity contribution < 1.29 is 18.9 Å². The Kier molecular flexibility index (Phi) is 6.41. The monoisotopic (exact) mass is 408 g/mol. The molecule has 7 heteroatoms. The van der Waals surface area contributed by atoms with Crippen LogP contribution in [0, 0.1) is 6.92 Å². The highest BCUT2D eigenvalue weighted by atomic mass is 16.6. The molecule has 0 saturated carbocycles. The van der Waals surface area contributed by atoms with E-state index in [1.54, 1.807) is 12.3 Å². The Bertz CT molecular complexity index is 1030. The molecule has 7 nitrogen and oxygen atoms in total. The average molecular weight is 408 g/mol. The second-order valence-electron chi connectivity index (χ2n) is 7.06. The summed E-state index contributed by atoms with van der Waals surface area (Å²) in [5.41, 5.74) is 3.35. The molecule has 1 atom stereocenters. The van der Waals surface area contributed by atoms with Crippen molar-refractivity contribution in [1.82, 2.24) is 9.97 Å². The standard InChI is InChI=1S/C23H24N2O5/c1-16-10-19(29-13-18-4-2-3-7-24-18)5-6-21(16)17-11-22(26)25-23(12-17)30-15-20-14-27-8-9-28-20/h2-7,10-12,20H,8-9,13-15H2,1H3,(H,25,26)/t20-/m1/s1. The summed E-state index contributed by atoms with van der Waals surface area (Å²) in [6.45, 7) is 4.34. The largest absolute Gasteiger partial charge is 0.487 e. The molecule has 30 heavy (non-hydrogen) atoms.